The Morgan fingerprint density at radius 1 is 1.05 bits per heavy atom. The molecule has 2 rings (SSSR count). The second-order valence-corrected chi connectivity index (χ2v) is 5.06. The Bertz CT molecular complexity index is 681. The summed E-state index contributed by atoms with van der Waals surface area (Å²) in [4.78, 5) is 8.12. The highest BCUT2D eigenvalue weighted by Gasteiger charge is 2.23. The lowest BCUT2D eigenvalue weighted by atomic mass is 10.1. The van der Waals surface area contributed by atoms with Gasteiger partial charge in [0, 0.05) is 18.1 Å². The third-order valence-corrected chi connectivity index (χ3v) is 3.13. The molecule has 0 aliphatic rings. The molecule has 0 radical (unpaired) electrons. The van der Waals surface area contributed by atoms with Crippen molar-refractivity contribution in [3.63, 3.8) is 0 Å². The van der Waals surface area contributed by atoms with E-state index >= 15 is 0 Å². The van der Waals surface area contributed by atoms with Crippen molar-refractivity contribution in [2.75, 3.05) is 0 Å². The van der Waals surface area contributed by atoms with E-state index in [1.165, 1.54) is 30.6 Å². The average molecular weight is 301 g/mol. The minimum atomic E-state index is -2.85. The third kappa shape index (κ3) is 4.22. The highest BCUT2D eigenvalue weighted by molar-refractivity contribution is 6.01. The number of alkyl halides is 2. The summed E-state index contributed by atoms with van der Waals surface area (Å²) in [5, 5.41) is 0. The summed E-state index contributed by atoms with van der Waals surface area (Å²) in [6.45, 7) is 2.85. The molecule has 0 saturated heterocycles. The van der Waals surface area contributed by atoms with Gasteiger partial charge in [0.25, 0.3) is 5.92 Å². The number of aryl methyl sites for hydroxylation is 1. The zero-order valence-electron chi connectivity index (χ0n) is 12.4. The molecule has 0 atom stereocenters. The summed E-state index contributed by atoms with van der Waals surface area (Å²) >= 11 is 0. The summed E-state index contributed by atoms with van der Waals surface area (Å²) in [5.74, 6) is -2.50. The van der Waals surface area contributed by atoms with Gasteiger partial charge in [-0.25, -0.2) is 18.8 Å². The molecule has 2 aromatic rings. The maximum atomic E-state index is 13.1. The fourth-order valence-corrected chi connectivity index (χ4v) is 1.80. The number of hydrogen-bond donors (Lipinski definition) is 1. The van der Waals surface area contributed by atoms with Crippen LogP contribution in [0.4, 0.5) is 14.5 Å². The first-order chi connectivity index (χ1) is 10.4. The molecule has 5 heteroatoms. The smallest absolute Gasteiger partial charge is 0.270 e. The second kappa shape index (κ2) is 6.47. The SMILES string of the molecule is Cc1ccc(C(N)=NC=Nc2ccc(C(C)(F)F)cc2)cc1. The molecule has 22 heavy (non-hydrogen) atoms. The van der Waals surface area contributed by atoms with Gasteiger partial charge in [-0.05, 0) is 19.1 Å². The normalized spacial score (nSPS) is 12.8. The first-order valence-corrected chi connectivity index (χ1v) is 6.77. The Morgan fingerprint density at radius 3 is 2.18 bits per heavy atom. The molecule has 0 amide bonds. The molecule has 0 saturated carbocycles. The summed E-state index contributed by atoms with van der Waals surface area (Å²) in [6.07, 6.45) is 1.31. The molecular formula is C17H17F2N3. The molecule has 0 spiro atoms. The van der Waals surface area contributed by atoms with Gasteiger partial charge in [0.05, 0.1) is 5.69 Å². The Morgan fingerprint density at radius 2 is 1.64 bits per heavy atom. The van der Waals surface area contributed by atoms with Gasteiger partial charge in [0.15, 0.2) is 0 Å². The number of aliphatic imine (C=N–C) groups is 2. The molecule has 2 aromatic carbocycles. The fourth-order valence-electron chi connectivity index (χ4n) is 1.80. The first-order valence-electron chi connectivity index (χ1n) is 6.77. The predicted octanol–water partition coefficient (Wildman–Crippen LogP) is 4.17. The molecule has 2 N–H and O–H groups in total. The Balaban J connectivity index is 2.08. The topological polar surface area (TPSA) is 50.7 Å². The fraction of sp³-hybridized carbons (Fsp3) is 0.176. The predicted molar refractivity (Wildman–Crippen MR) is 86.1 cm³/mol. The number of nitrogens with zero attached hydrogens (tertiary/aromatic N) is 2. The van der Waals surface area contributed by atoms with E-state index in [-0.39, 0.29) is 5.56 Å². The lowest BCUT2D eigenvalue weighted by molar-refractivity contribution is 0.0175. The maximum absolute atomic E-state index is 13.1. The van der Waals surface area contributed by atoms with Crippen molar-refractivity contribution in [1.82, 2.24) is 0 Å². The number of halogens is 2. The van der Waals surface area contributed by atoms with Gasteiger partial charge in [-0.15, -0.1) is 0 Å². The van der Waals surface area contributed by atoms with Crippen molar-refractivity contribution in [3.05, 3.63) is 65.2 Å². The molecule has 0 heterocycles. The van der Waals surface area contributed by atoms with Crippen molar-refractivity contribution in [1.29, 1.82) is 0 Å². The monoisotopic (exact) mass is 301 g/mol. The number of hydrogen-bond acceptors (Lipinski definition) is 1. The number of benzene rings is 2. The van der Waals surface area contributed by atoms with Gasteiger partial charge in [-0.2, -0.15) is 0 Å². The van der Waals surface area contributed by atoms with Gasteiger partial charge in [-0.3, -0.25) is 0 Å². The van der Waals surface area contributed by atoms with Crippen molar-refractivity contribution in [2.24, 2.45) is 15.7 Å². The van der Waals surface area contributed by atoms with Crippen LogP contribution in [0.1, 0.15) is 23.6 Å². The number of nitrogens with two attached hydrogens (primary N) is 1. The Hall–Kier alpha value is -2.56. The molecule has 0 aliphatic heterocycles. The summed E-state index contributed by atoms with van der Waals surface area (Å²) in [6, 6.07) is 13.4. The highest BCUT2D eigenvalue weighted by atomic mass is 19.3. The van der Waals surface area contributed by atoms with Crippen molar-refractivity contribution >= 4 is 17.9 Å². The maximum Gasteiger partial charge on any atom is 0.270 e. The quantitative estimate of drug-likeness (QED) is 0.668. The van der Waals surface area contributed by atoms with Gasteiger partial charge >= 0.3 is 0 Å². The molecule has 3 nitrogen and oxygen atoms in total. The van der Waals surface area contributed by atoms with E-state index < -0.39 is 5.92 Å². The summed E-state index contributed by atoms with van der Waals surface area (Å²) < 4.78 is 26.2. The van der Waals surface area contributed by atoms with E-state index in [1.54, 1.807) is 0 Å². The number of amidine groups is 1. The summed E-state index contributed by atoms with van der Waals surface area (Å²) in [5.41, 5.74) is 8.28. The van der Waals surface area contributed by atoms with E-state index in [0.717, 1.165) is 18.1 Å². The lowest BCUT2D eigenvalue weighted by Gasteiger charge is -2.09. The van der Waals surface area contributed by atoms with Crippen molar-refractivity contribution in [2.45, 2.75) is 19.8 Å². The van der Waals surface area contributed by atoms with Crippen LogP contribution in [0.25, 0.3) is 0 Å². The van der Waals surface area contributed by atoms with Crippen molar-refractivity contribution < 1.29 is 8.78 Å². The van der Waals surface area contributed by atoms with E-state index in [9.17, 15) is 8.78 Å². The average Bonchev–Trinajstić information content (AvgIpc) is 2.47. The van der Waals surface area contributed by atoms with E-state index in [1.807, 2.05) is 31.2 Å². The van der Waals surface area contributed by atoms with Crippen LogP contribution in [-0.2, 0) is 5.92 Å². The Labute approximate surface area is 128 Å². The molecule has 114 valence electrons. The number of rotatable bonds is 4. The summed E-state index contributed by atoms with van der Waals surface area (Å²) in [7, 11) is 0. The molecule has 0 fully saturated rings. The van der Waals surface area contributed by atoms with Crippen LogP contribution in [-0.4, -0.2) is 12.2 Å². The van der Waals surface area contributed by atoms with Crippen LogP contribution < -0.4 is 5.73 Å². The van der Waals surface area contributed by atoms with Crippen molar-refractivity contribution in [3.8, 4) is 0 Å². The van der Waals surface area contributed by atoms with E-state index in [0.29, 0.717) is 11.5 Å². The van der Waals surface area contributed by atoms with Crippen LogP contribution in [0.15, 0.2) is 58.5 Å². The lowest BCUT2D eigenvalue weighted by Crippen LogP contribution is -2.13. The van der Waals surface area contributed by atoms with Gasteiger partial charge in [0.1, 0.15) is 12.2 Å². The first kappa shape index (κ1) is 15.8. The molecule has 0 unspecified atom stereocenters. The third-order valence-electron chi connectivity index (χ3n) is 3.13. The minimum Gasteiger partial charge on any atom is -0.383 e. The van der Waals surface area contributed by atoms with Gasteiger partial charge in [0.2, 0.25) is 0 Å². The van der Waals surface area contributed by atoms with Crippen LogP contribution in [0.2, 0.25) is 0 Å². The van der Waals surface area contributed by atoms with Crippen LogP contribution >= 0.6 is 0 Å². The van der Waals surface area contributed by atoms with Gasteiger partial charge < -0.3 is 5.73 Å². The highest BCUT2D eigenvalue weighted by Crippen LogP contribution is 2.28. The van der Waals surface area contributed by atoms with Crippen LogP contribution in [0.5, 0.6) is 0 Å². The largest absolute Gasteiger partial charge is 0.383 e. The van der Waals surface area contributed by atoms with Crippen LogP contribution in [0.3, 0.4) is 0 Å². The zero-order valence-corrected chi connectivity index (χ0v) is 12.4. The second-order valence-electron chi connectivity index (χ2n) is 5.06. The van der Waals surface area contributed by atoms with E-state index in [2.05, 4.69) is 9.98 Å². The Kier molecular flexibility index (Phi) is 4.65. The van der Waals surface area contributed by atoms with Gasteiger partial charge in [-0.1, -0.05) is 42.0 Å². The van der Waals surface area contributed by atoms with E-state index in [4.69, 9.17) is 5.73 Å². The minimum absolute atomic E-state index is 0.0471. The molecule has 0 aromatic heterocycles. The molecule has 0 bridgehead atoms. The molecular weight excluding hydrogens is 284 g/mol. The van der Waals surface area contributed by atoms with Crippen LogP contribution in [0, 0.1) is 6.92 Å². The standard InChI is InChI=1S/C17H17F2N3/c1-12-3-5-13(6-4-12)16(20)22-11-21-15-9-7-14(8-10-15)17(2,18)19/h3-11H,1-2H3,(H2,20,21,22). The zero-order chi connectivity index (χ0) is 16.2. The molecule has 0 aliphatic carbocycles.